The van der Waals surface area contributed by atoms with Crippen molar-refractivity contribution in [1.82, 2.24) is 0 Å². The Morgan fingerprint density at radius 1 is 0.976 bits per heavy atom. The van der Waals surface area contributed by atoms with E-state index >= 15 is 0 Å². The Balaban J connectivity index is 1.35. The monoisotopic (exact) mass is 578 g/mol. The molecule has 0 unspecified atom stereocenters. The van der Waals surface area contributed by atoms with Crippen molar-refractivity contribution in [3.05, 3.63) is 52.7 Å². The molecule has 2 saturated heterocycles. The summed E-state index contributed by atoms with van der Waals surface area (Å²) in [7, 11) is 1.52. The van der Waals surface area contributed by atoms with Crippen molar-refractivity contribution >= 4 is 11.0 Å². The van der Waals surface area contributed by atoms with E-state index in [9.17, 15) is 40.5 Å². The summed E-state index contributed by atoms with van der Waals surface area (Å²) in [6.45, 7) is -1.66. The van der Waals surface area contributed by atoms with Crippen LogP contribution in [0.3, 0.4) is 0 Å². The number of benzene rings is 2. The Morgan fingerprint density at radius 3 is 2.37 bits per heavy atom. The molecule has 2 aliphatic rings. The third-order valence-electron chi connectivity index (χ3n) is 7.08. The summed E-state index contributed by atoms with van der Waals surface area (Å²) in [5, 5.41) is 71.3. The molecule has 14 heteroatoms. The summed E-state index contributed by atoms with van der Waals surface area (Å²) in [6.07, 6.45) is -11.0. The van der Waals surface area contributed by atoms with E-state index in [1.807, 2.05) is 0 Å². The smallest absolute Gasteiger partial charge is 0.229 e. The minimum atomic E-state index is -1.93. The molecule has 0 bridgehead atoms. The first-order valence-electron chi connectivity index (χ1n) is 12.6. The first-order valence-corrected chi connectivity index (χ1v) is 12.6. The van der Waals surface area contributed by atoms with Crippen molar-refractivity contribution < 1.29 is 63.8 Å². The average molecular weight is 579 g/mol. The molecule has 0 spiro atoms. The summed E-state index contributed by atoms with van der Waals surface area (Å²) in [6, 6.07) is 10.4. The highest BCUT2D eigenvalue weighted by Crippen LogP contribution is 2.34. The van der Waals surface area contributed by atoms with Crippen LogP contribution in [0, 0.1) is 0 Å². The summed E-state index contributed by atoms with van der Waals surface area (Å²) >= 11 is 0. The number of ether oxygens (including phenoxy) is 5. The van der Waals surface area contributed by atoms with Crippen LogP contribution in [0.2, 0.25) is 0 Å². The molecule has 14 nitrogen and oxygen atoms in total. The van der Waals surface area contributed by atoms with E-state index < -0.39 is 79.7 Å². The Kier molecular flexibility index (Phi) is 8.20. The van der Waals surface area contributed by atoms with Gasteiger partial charge in [-0.3, -0.25) is 4.79 Å². The molecule has 7 N–H and O–H groups in total. The standard InChI is InChI=1S/C27H30O14/c1-36-13-4-2-12(3-5-13)17-8-16(30)20-15(29)6-14(7-18(20)40-17)39-25-23(33)22(32)21(31)19(41-25)9-37-26-24(34)27(35,10-28)11-38-26/h2-8,19,21-26,28-29,31-35H,9-11H2,1H3/t19-,21+,22-,23+,24+,25+,26-,27-/m1/s1. The van der Waals surface area contributed by atoms with Gasteiger partial charge in [0, 0.05) is 23.8 Å². The molecular weight excluding hydrogens is 548 g/mol. The number of methoxy groups -OCH3 is 1. The van der Waals surface area contributed by atoms with Crippen molar-refractivity contribution in [2.45, 2.75) is 48.7 Å². The Bertz CT molecular complexity index is 1420. The molecule has 0 radical (unpaired) electrons. The van der Waals surface area contributed by atoms with Crippen LogP contribution < -0.4 is 14.9 Å². The maximum atomic E-state index is 12.8. The first-order chi connectivity index (χ1) is 19.5. The van der Waals surface area contributed by atoms with Crippen LogP contribution in [-0.2, 0) is 14.2 Å². The van der Waals surface area contributed by atoms with Gasteiger partial charge in [0.15, 0.2) is 11.7 Å². The van der Waals surface area contributed by atoms with E-state index in [-0.39, 0.29) is 22.5 Å². The third kappa shape index (κ3) is 5.61. The van der Waals surface area contributed by atoms with Gasteiger partial charge in [0.25, 0.3) is 0 Å². The van der Waals surface area contributed by atoms with Crippen molar-refractivity contribution in [2.75, 3.05) is 26.9 Å². The van der Waals surface area contributed by atoms with Gasteiger partial charge >= 0.3 is 0 Å². The molecule has 2 fully saturated rings. The highest BCUT2D eigenvalue weighted by atomic mass is 16.7. The maximum absolute atomic E-state index is 12.8. The molecule has 3 aromatic rings. The molecule has 222 valence electrons. The Labute approximate surface area is 232 Å². The van der Waals surface area contributed by atoms with Gasteiger partial charge in [0.05, 0.1) is 26.9 Å². The fourth-order valence-electron chi connectivity index (χ4n) is 4.62. The molecule has 2 aliphatic heterocycles. The number of aliphatic hydroxyl groups excluding tert-OH is 5. The normalized spacial score (nSPS) is 31.8. The minimum absolute atomic E-state index is 0.0344. The second-order valence-electron chi connectivity index (χ2n) is 9.87. The minimum Gasteiger partial charge on any atom is -0.507 e. The van der Waals surface area contributed by atoms with Gasteiger partial charge in [-0.25, -0.2) is 0 Å². The number of rotatable bonds is 8. The average Bonchev–Trinajstić information content (AvgIpc) is 3.25. The van der Waals surface area contributed by atoms with E-state index in [2.05, 4.69) is 0 Å². The molecule has 41 heavy (non-hydrogen) atoms. The molecule has 0 amide bonds. The summed E-state index contributed by atoms with van der Waals surface area (Å²) in [5.41, 5.74) is -1.92. The van der Waals surface area contributed by atoms with Crippen LogP contribution >= 0.6 is 0 Å². The predicted octanol–water partition coefficient (Wildman–Crippen LogP) is -1.18. The predicted molar refractivity (Wildman–Crippen MR) is 137 cm³/mol. The van der Waals surface area contributed by atoms with E-state index in [0.717, 1.165) is 6.07 Å². The molecule has 2 aromatic carbocycles. The van der Waals surface area contributed by atoms with Gasteiger partial charge < -0.3 is 63.8 Å². The van der Waals surface area contributed by atoms with Gasteiger partial charge in [-0.2, -0.15) is 0 Å². The van der Waals surface area contributed by atoms with E-state index in [1.54, 1.807) is 24.3 Å². The molecule has 3 heterocycles. The fraction of sp³-hybridized carbons (Fsp3) is 0.444. The molecule has 0 saturated carbocycles. The number of hydrogen-bond donors (Lipinski definition) is 7. The van der Waals surface area contributed by atoms with E-state index in [0.29, 0.717) is 11.3 Å². The van der Waals surface area contributed by atoms with Crippen molar-refractivity contribution in [3.63, 3.8) is 0 Å². The fourth-order valence-corrected chi connectivity index (χ4v) is 4.62. The lowest BCUT2D eigenvalue weighted by Gasteiger charge is -2.40. The summed E-state index contributed by atoms with van der Waals surface area (Å²) in [5.74, 6) is 0.239. The molecule has 0 aliphatic carbocycles. The van der Waals surface area contributed by atoms with Crippen LogP contribution in [0.5, 0.6) is 17.2 Å². The van der Waals surface area contributed by atoms with Crippen LogP contribution in [-0.4, -0.2) is 111 Å². The highest BCUT2D eigenvalue weighted by Gasteiger charge is 2.50. The largest absolute Gasteiger partial charge is 0.507 e. The molecule has 8 atom stereocenters. The number of fused-ring (bicyclic) bond motifs is 1. The van der Waals surface area contributed by atoms with Crippen LogP contribution in [0.1, 0.15) is 0 Å². The lowest BCUT2D eigenvalue weighted by Crippen LogP contribution is -2.60. The Morgan fingerprint density at radius 2 is 1.71 bits per heavy atom. The highest BCUT2D eigenvalue weighted by molar-refractivity contribution is 5.86. The van der Waals surface area contributed by atoms with Crippen LogP contribution in [0.4, 0.5) is 0 Å². The van der Waals surface area contributed by atoms with Gasteiger partial charge in [0.1, 0.15) is 70.1 Å². The third-order valence-corrected chi connectivity index (χ3v) is 7.08. The van der Waals surface area contributed by atoms with E-state index in [4.69, 9.17) is 28.1 Å². The quantitative estimate of drug-likeness (QED) is 0.167. The zero-order valence-corrected chi connectivity index (χ0v) is 21.7. The summed E-state index contributed by atoms with van der Waals surface area (Å²) in [4.78, 5) is 12.8. The Hall–Kier alpha value is -3.31. The van der Waals surface area contributed by atoms with Crippen LogP contribution in [0.15, 0.2) is 51.7 Å². The van der Waals surface area contributed by atoms with Crippen molar-refractivity contribution in [1.29, 1.82) is 0 Å². The molecular formula is C27H30O14. The number of aromatic hydroxyl groups is 1. The van der Waals surface area contributed by atoms with Gasteiger partial charge in [0.2, 0.25) is 6.29 Å². The van der Waals surface area contributed by atoms with Gasteiger partial charge in [-0.05, 0) is 24.3 Å². The zero-order valence-electron chi connectivity index (χ0n) is 21.7. The first kappa shape index (κ1) is 29.2. The number of phenolic OH excluding ortho intramolecular Hbond substituents is 1. The number of hydrogen-bond acceptors (Lipinski definition) is 14. The van der Waals surface area contributed by atoms with E-state index in [1.165, 1.54) is 19.2 Å². The van der Waals surface area contributed by atoms with Crippen LogP contribution in [0.25, 0.3) is 22.3 Å². The second kappa shape index (κ2) is 11.5. The number of phenols is 1. The lowest BCUT2D eigenvalue weighted by atomic mass is 9.99. The zero-order chi connectivity index (χ0) is 29.5. The summed E-state index contributed by atoms with van der Waals surface area (Å²) < 4.78 is 32.8. The van der Waals surface area contributed by atoms with Crippen molar-refractivity contribution in [3.8, 4) is 28.6 Å². The molecule has 5 rings (SSSR count). The van der Waals surface area contributed by atoms with Crippen molar-refractivity contribution in [2.24, 2.45) is 0 Å². The van der Waals surface area contributed by atoms with Gasteiger partial charge in [-0.1, -0.05) is 0 Å². The SMILES string of the molecule is COc1ccc(-c2cc(=O)c3c(O)cc(O[C@H]4O[C@H](CO[C@@H]5OC[C@](O)(CO)[C@H]5O)[C@H](O)[C@@H](O)[C@@H]4O)cc3o2)cc1. The number of aliphatic hydroxyl groups is 6. The second-order valence-corrected chi connectivity index (χ2v) is 9.87. The van der Waals surface area contributed by atoms with Gasteiger partial charge in [-0.15, -0.1) is 0 Å². The maximum Gasteiger partial charge on any atom is 0.229 e. The topological polar surface area (TPSA) is 218 Å². The molecule has 1 aromatic heterocycles. The lowest BCUT2D eigenvalue weighted by molar-refractivity contribution is -0.289.